The fourth-order valence-corrected chi connectivity index (χ4v) is 19.4. The predicted octanol–water partition coefficient (Wildman–Crippen LogP) is 22.7. The maximum atomic E-state index is 5.13. The Labute approximate surface area is 576 Å². The third kappa shape index (κ3) is 10.2. The summed E-state index contributed by atoms with van der Waals surface area (Å²) in [4.78, 5) is 30.3. The Hall–Kier alpha value is -11.9. The Morgan fingerprint density at radius 2 is 0.520 bits per heavy atom. The first-order valence-corrected chi connectivity index (χ1v) is 36.3. The van der Waals surface area contributed by atoms with E-state index in [1.807, 2.05) is 54.6 Å². The molecule has 0 aliphatic carbocycles. The normalized spacial score (nSPS) is 11.7. The van der Waals surface area contributed by atoms with Gasteiger partial charge in [0.1, 0.15) is 0 Å². The Morgan fingerprint density at radius 1 is 0.173 bits per heavy atom. The van der Waals surface area contributed by atoms with Gasteiger partial charge >= 0.3 is 505 Å². The monoisotopic (exact) mass is 1380 g/mol. The molecule has 0 radical (unpaired) electrons. The van der Waals surface area contributed by atoms with Crippen molar-refractivity contribution in [3.8, 4) is 90.6 Å². The molecule has 20 aromatic rings. The van der Waals surface area contributed by atoms with Crippen molar-refractivity contribution < 1.29 is 0 Å². The van der Waals surface area contributed by atoms with Gasteiger partial charge in [-0.15, -0.1) is 0 Å². The molecular formula is C90H54N6Se2. The van der Waals surface area contributed by atoms with Gasteiger partial charge in [-0.3, -0.25) is 0 Å². The Balaban J connectivity index is 0.000000137. The van der Waals surface area contributed by atoms with Crippen molar-refractivity contribution in [3.05, 3.63) is 328 Å². The fraction of sp³-hybridized carbons (Fsp3) is 0. The quantitative estimate of drug-likeness (QED) is 0.111. The van der Waals surface area contributed by atoms with Gasteiger partial charge in [0.15, 0.2) is 0 Å². The van der Waals surface area contributed by atoms with E-state index in [4.69, 9.17) is 29.9 Å². The molecule has 0 spiro atoms. The van der Waals surface area contributed by atoms with Gasteiger partial charge in [-0.2, -0.15) is 0 Å². The van der Waals surface area contributed by atoms with Crippen molar-refractivity contribution in [2.75, 3.05) is 0 Å². The molecule has 0 fully saturated rings. The van der Waals surface area contributed by atoms with Crippen LogP contribution in [0.4, 0.5) is 0 Å². The molecule has 0 atom stereocenters. The molecule has 0 amide bonds. The van der Waals surface area contributed by atoms with Gasteiger partial charge in [-0.05, 0) is 26.9 Å². The number of nitrogens with zero attached hydrogens (tertiary/aromatic N) is 6. The standard InChI is InChI=1S/2C45H27N3Se/c1-3-12-30(13-4-1)43-46-44(31-14-5-2-6-15-31)48-45(47-43)38-19-10-20-40-41(38)37-18-9-17-34(42(37)49-40)32-22-21-29-24-25-35-33-16-8-7-11-28(33)23-26-36(35)39(29)27-32;1-2-10-31(11-3-1)43-46-44(48-45(47-43)39-15-8-14-38-37-13-6-7-16-41(37)49-42(38)39)32-20-17-28(18-21-32)33-22-19-30-24-25-35-34-12-5-4-9-29(34)23-26-36(35)40(30)27-33/h2*1-27H. The molecule has 0 aliphatic rings. The second kappa shape index (κ2) is 24.1. The average Bonchev–Trinajstić information content (AvgIpc) is 1.79. The number of aromatic nitrogens is 6. The van der Waals surface area contributed by atoms with Gasteiger partial charge in [-0.1, -0.05) is 48.5 Å². The van der Waals surface area contributed by atoms with Gasteiger partial charge in [0.05, 0.1) is 0 Å². The first-order valence-electron chi connectivity index (χ1n) is 32.9. The van der Waals surface area contributed by atoms with Crippen LogP contribution in [0.1, 0.15) is 0 Å². The van der Waals surface area contributed by atoms with Crippen LogP contribution >= 0.6 is 0 Å². The van der Waals surface area contributed by atoms with Crippen LogP contribution in [0.3, 0.4) is 0 Å². The van der Waals surface area contributed by atoms with E-state index in [1.54, 1.807) is 0 Å². The van der Waals surface area contributed by atoms with E-state index in [1.165, 1.54) is 120 Å². The van der Waals surface area contributed by atoms with Gasteiger partial charge in [0.2, 0.25) is 0 Å². The average molecular weight is 1380 g/mol. The summed E-state index contributed by atoms with van der Waals surface area (Å²) in [5.74, 6) is 4.12. The molecule has 16 aromatic carbocycles. The molecule has 0 aliphatic heterocycles. The van der Waals surface area contributed by atoms with E-state index in [0.29, 0.717) is 34.9 Å². The van der Waals surface area contributed by atoms with Crippen LogP contribution in [-0.4, -0.2) is 58.9 Å². The predicted molar refractivity (Wildman–Crippen MR) is 412 cm³/mol. The summed E-state index contributed by atoms with van der Waals surface area (Å²) in [6.07, 6.45) is 0. The summed E-state index contributed by atoms with van der Waals surface area (Å²) < 4.78 is 5.50. The Kier molecular flexibility index (Phi) is 14.2. The summed E-state index contributed by atoms with van der Waals surface area (Å²) in [5.41, 5.74) is 10.9. The van der Waals surface area contributed by atoms with Gasteiger partial charge in [-0.25, -0.2) is 0 Å². The molecule has 4 aromatic heterocycles. The molecule has 456 valence electrons. The molecule has 0 N–H and O–H groups in total. The van der Waals surface area contributed by atoms with Crippen molar-refractivity contribution in [2.45, 2.75) is 0 Å². The molecule has 0 bridgehead atoms. The summed E-state index contributed by atoms with van der Waals surface area (Å²) in [6, 6.07) is 117. The van der Waals surface area contributed by atoms with Gasteiger partial charge in [0, 0.05) is 0 Å². The SMILES string of the molecule is c1ccc(-c2nc(-c3ccc(-c4ccc5ccc6c7ccccc7ccc6c5c4)cc3)nc(-c3cccc4c3[se]c3ccccc34)n2)cc1.c1ccc(-c2nc(-c3ccccc3)nc(-c3cccc4[se]c5c(-c6ccc7ccc8c9ccccc9ccc8c7c6)cccc5c34)n2)cc1. The van der Waals surface area contributed by atoms with E-state index < -0.39 is 0 Å². The van der Waals surface area contributed by atoms with Crippen molar-refractivity contribution in [1.82, 2.24) is 29.9 Å². The molecule has 20 rings (SSSR count). The summed E-state index contributed by atoms with van der Waals surface area (Å²) >= 11 is 0.306. The van der Waals surface area contributed by atoms with Crippen LogP contribution in [0.5, 0.6) is 0 Å². The zero-order valence-corrected chi connectivity index (χ0v) is 56.1. The van der Waals surface area contributed by atoms with Crippen LogP contribution < -0.4 is 0 Å². The van der Waals surface area contributed by atoms with Crippen LogP contribution in [0.15, 0.2) is 328 Å². The van der Waals surface area contributed by atoms with E-state index >= 15 is 0 Å². The number of benzene rings is 16. The summed E-state index contributed by atoms with van der Waals surface area (Å²) in [7, 11) is 0. The second-order valence-electron chi connectivity index (χ2n) is 24.8. The minimum absolute atomic E-state index is 0.124. The summed E-state index contributed by atoms with van der Waals surface area (Å²) in [6.45, 7) is 0. The van der Waals surface area contributed by atoms with Crippen LogP contribution in [-0.2, 0) is 0 Å². The molecule has 0 saturated carbocycles. The molecule has 4 heterocycles. The number of hydrogen-bond acceptors (Lipinski definition) is 6. The Bertz CT molecular complexity index is 6490. The first-order chi connectivity index (χ1) is 48.5. The number of fused-ring (bicyclic) bond motifs is 16. The summed E-state index contributed by atoms with van der Waals surface area (Å²) in [5, 5.41) is 20.4. The Morgan fingerprint density at radius 3 is 1.09 bits per heavy atom. The topological polar surface area (TPSA) is 77.3 Å². The number of rotatable bonds is 8. The molecule has 0 saturated heterocycles. The van der Waals surface area contributed by atoms with E-state index in [9.17, 15) is 0 Å². The first kappa shape index (κ1) is 57.6. The minimum atomic E-state index is 0.124. The van der Waals surface area contributed by atoms with Gasteiger partial charge < -0.3 is 0 Å². The zero-order valence-electron chi connectivity index (χ0n) is 52.7. The molecule has 6 nitrogen and oxygen atoms in total. The van der Waals surface area contributed by atoms with E-state index in [0.717, 1.165) is 38.9 Å². The van der Waals surface area contributed by atoms with Crippen molar-refractivity contribution in [2.24, 2.45) is 0 Å². The van der Waals surface area contributed by atoms with E-state index in [-0.39, 0.29) is 29.0 Å². The second-order valence-corrected chi connectivity index (χ2v) is 29.2. The maximum absolute atomic E-state index is 5.13. The fourth-order valence-electron chi connectivity index (χ4n) is 14.3. The molecule has 0 unspecified atom stereocenters. The van der Waals surface area contributed by atoms with Gasteiger partial charge in [0.25, 0.3) is 0 Å². The molecule has 8 heteroatoms. The third-order valence-corrected chi connectivity index (χ3v) is 24.1. The van der Waals surface area contributed by atoms with Crippen molar-refractivity contribution >= 4 is 132 Å². The molecule has 98 heavy (non-hydrogen) atoms. The van der Waals surface area contributed by atoms with Crippen molar-refractivity contribution in [1.29, 1.82) is 0 Å². The van der Waals surface area contributed by atoms with E-state index in [2.05, 4.69) is 273 Å². The zero-order chi connectivity index (χ0) is 64.6. The number of hydrogen-bond donors (Lipinski definition) is 0. The molecular weight excluding hydrogens is 1320 g/mol. The van der Waals surface area contributed by atoms with Crippen LogP contribution in [0, 0.1) is 0 Å². The van der Waals surface area contributed by atoms with Crippen LogP contribution in [0.2, 0.25) is 0 Å². The van der Waals surface area contributed by atoms with Crippen molar-refractivity contribution in [3.63, 3.8) is 0 Å². The van der Waals surface area contributed by atoms with Crippen LogP contribution in [0.25, 0.3) is 194 Å². The third-order valence-electron chi connectivity index (χ3n) is 19.1.